The van der Waals surface area contributed by atoms with E-state index in [-0.39, 0.29) is 47.7 Å². The molecule has 15 nitrogen and oxygen atoms in total. The van der Waals surface area contributed by atoms with Gasteiger partial charge in [0.1, 0.15) is 11.8 Å². The molecule has 3 aromatic rings. The molecule has 44 heavy (non-hydrogen) atoms. The van der Waals surface area contributed by atoms with Gasteiger partial charge in [-0.25, -0.2) is 14.8 Å². The molecule has 0 aliphatic rings. The summed E-state index contributed by atoms with van der Waals surface area (Å²) in [6, 6.07) is 5.50. The molecule has 1 unspecified atom stereocenters. The number of carbonyl (C=O) groups excluding carboxylic acids is 2. The van der Waals surface area contributed by atoms with Gasteiger partial charge in [0.25, 0.3) is 11.5 Å². The minimum Gasteiger partial charge on any atom is -0.480 e. The Kier molecular flexibility index (Phi) is 14.3. The number of ether oxygens (including phenoxy) is 3. The van der Waals surface area contributed by atoms with Crippen LogP contribution in [-0.2, 0) is 36.6 Å². The van der Waals surface area contributed by atoms with E-state index in [4.69, 9.17) is 25.7 Å². The highest BCUT2D eigenvalue weighted by atomic mass is 16.5. The smallest absolute Gasteiger partial charge is 0.326 e. The molecule has 2 aromatic heterocycles. The molecule has 0 aliphatic heterocycles. The lowest BCUT2D eigenvalue weighted by molar-refractivity contribution is -0.139. The first kappa shape index (κ1) is 34.2. The van der Waals surface area contributed by atoms with Crippen LogP contribution >= 0.6 is 0 Å². The normalized spacial score (nSPS) is 11.8. The second-order valence-electron chi connectivity index (χ2n) is 9.85. The van der Waals surface area contributed by atoms with Crippen molar-refractivity contribution in [2.75, 3.05) is 51.9 Å². The number of fused-ring (bicyclic) bond motifs is 1. The third kappa shape index (κ3) is 11.8. The quantitative estimate of drug-likeness (QED) is 0.102. The zero-order valence-corrected chi connectivity index (χ0v) is 24.5. The van der Waals surface area contributed by atoms with E-state index >= 15 is 0 Å². The van der Waals surface area contributed by atoms with Crippen LogP contribution in [0.15, 0.2) is 35.3 Å². The molecular formula is C29H39N7O8. The number of carboxylic acids is 1. The molecule has 238 valence electrons. The summed E-state index contributed by atoms with van der Waals surface area (Å²) < 4.78 is 16.0. The molecule has 0 radical (unpaired) electrons. The van der Waals surface area contributed by atoms with Crippen LogP contribution in [-0.4, -0.2) is 94.9 Å². The minimum atomic E-state index is -1.22. The molecule has 0 spiro atoms. The Morgan fingerprint density at radius 3 is 2.30 bits per heavy atom. The van der Waals surface area contributed by atoms with Gasteiger partial charge < -0.3 is 36.1 Å². The van der Waals surface area contributed by atoms with Crippen molar-refractivity contribution < 1.29 is 33.7 Å². The van der Waals surface area contributed by atoms with Crippen LogP contribution in [0.5, 0.6) is 0 Å². The van der Waals surface area contributed by atoms with E-state index < -0.39 is 23.5 Å². The van der Waals surface area contributed by atoms with Gasteiger partial charge in [-0.15, -0.1) is 0 Å². The lowest BCUT2D eigenvalue weighted by Crippen LogP contribution is -2.41. The Labute approximate surface area is 253 Å². The van der Waals surface area contributed by atoms with Crippen molar-refractivity contribution in [2.24, 2.45) is 5.73 Å². The molecule has 3 rings (SSSR count). The standard InChI is InChI=1S/C29H39N7O8/c30-11-13-43-15-17-44-16-14-42-12-1-2-22(37)9-10-23(28(40)41)34-26(38)20-6-3-19(4-7-20)5-8-21-18-32-25-24(33-21)27(39)36-29(31)35-25/h3-4,6-7,18,23H,1-2,5,8-17,30H2,(H,34,38)(H,40,41)(H3,31,32,35,36,39). The first-order chi connectivity index (χ1) is 21.3. The zero-order chi connectivity index (χ0) is 31.7. The number of aliphatic carboxylic acids is 1. The summed E-state index contributed by atoms with van der Waals surface area (Å²) in [6.45, 7) is 3.09. The molecule has 1 amide bonds. The first-order valence-corrected chi connectivity index (χ1v) is 14.4. The number of nitrogens with one attached hydrogen (secondary N) is 2. The highest BCUT2D eigenvalue weighted by Gasteiger charge is 2.21. The van der Waals surface area contributed by atoms with Crippen LogP contribution in [0.4, 0.5) is 5.95 Å². The van der Waals surface area contributed by atoms with Crippen LogP contribution in [0, 0.1) is 0 Å². The Hall–Kier alpha value is -4.31. The molecule has 0 bridgehead atoms. The SMILES string of the molecule is NCCOCCOCCOCCCC(=O)CCC(NC(=O)c1ccc(CCc2cnc3nc(N)[nH]c(=O)c3n2)cc1)C(=O)O. The van der Waals surface area contributed by atoms with E-state index in [1.165, 1.54) is 6.20 Å². The van der Waals surface area contributed by atoms with Gasteiger partial charge in [0.05, 0.1) is 44.9 Å². The molecule has 0 saturated heterocycles. The maximum absolute atomic E-state index is 12.7. The number of aryl methyl sites for hydroxylation is 2. The third-order valence-electron chi connectivity index (χ3n) is 6.44. The lowest BCUT2D eigenvalue weighted by Gasteiger charge is -2.14. The number of Topliss-reactive ketones (excluding diaryl/α,β-unsaturated/α-hetero) is 1. The Balaban J connectivity index is 1.36. The van der Waals surface area contributed by atoms with Gasteiger partial charge in [-0.3, -0.25) is 19.4 Å². The predicted molar refractivity (Wildman–Crippen MR) is 160 cm³/mol. The summed E-state index contributed by atoms with van der Waals surface area (Å²) in [5.41, 5.74) is 12.4. The van der Waals surface area contributed by atoms with E-state index in [0.29, 0.717) is 71.1 Å². The molecule has 1 atom stereocenters. The van der Waals surface area contributed by atoms with E-state index in [1.54, 1.807) is 24.3 Å². The van der Waals surface area contributed by atoms with Crippen molar-refractivity contribution in [3.05, 3.63) is 57.6 Å². The van der Waals surface area contributed by atoms with Crippen molar-refractivity contribution in [3.63, 3.8) is 0 Å². The first-order valence-electron chi connectivity index (χ1n) is 14.4. The molecular weight excluding hydrogens is 574 g/mol. The van der Waals surface area contributed by atoms with Crippen LogP contribution < -0.4 is 22.3 Å². The number of rotatable bonds is 21. The van der Waals surface area contributed by atoms with Crippen LogP contribution in [0.2, 0.25) is 0 Å². The number of ketones is 1. The number of H-pyrrole nitrogens is 1. The largest absolute Gasteiger partial charge is 0.480 e. The molecule has 2 heterocycles. The second-order valence-corrected chi connectivity index (χ2v) is 9.85. The van der Waals surface area contributed by atoms with Gasteiger partial charge in [0.15, 0.2) is 11.2 Å². The van der Waals surface area contributed by atoms with Gasteiger partial charge in [0.2, 0.25) is 5.95 Å². The maximum Gasteiger partial charge on any atom is 0.326 e. The monoisotopic (exact) mass is 613 g/mol. The Morgan fingerprint density at radius 2 is 1.61 bits per heavy atom. The third-order valence-corrected chi connectivity index (χ3v) is 6.44. The summed E-state index contributed by atoms with van der Waals surface area (Å²) in [6.07, 6.45) is 3.34. The summed E-state index contributed by atoms with van der Waals surface area (Å²) >= 11 is 0. The minimum absolute atomic E-state index is 0.0172. The fraction of sp³-hybridized carbons (Fsp3) is 0.483. The van der Waals surface area contributed by atoms with Crippen LogP contribution in [0.3, 0.4) is 0 Å². The number of anilines is 1. The van der Waals surface area contributed by atoms with Crippen LogP contribution in [0.25, 0.3) is 11.2 Å². The van der Waals surface area contributed by atoms with Gasteiger partial charge >= 0.3 is 5.97 Å². The number of nitrogen functional groups attached to an aromatic ring is 1. The zero-order valence-electron chi connectivity index (χ0n) is 24.5. The van der Waals surface area contributed by atoms with E-state index in [9.17, 15) is 24.3 Å². The Bertz CT molecular complexity index is 1430. The van der Waals surface area contributed by atoms with Gasteiger partial charge in [-0.2, -0.15) is 4.98 Å². The van der Waals surface area contributed by atoms with E-state index in [0.717, 1.165) is 5.56 Å². The number of nitrogens with two attached hydrogens (primary N) is 2. The second kappa shape index (κ2) is 18.4. The van der Waals surface area contributed by atoms with Gasteiger partial charge in [-0.05, 0) is 43.4 Å². The number of benzene rings is 1. The van der Waals surface area contributed by atoms with Crippen molar-refractivity contribution in [1.29, 1.82) is 0 Å². The van der Waals surface area contributed by atoms with Crippen molar-refractivity contribution in [1.82, 2.24) is 25.3 Å². The number of aromatic nitrogens is 4. The van der Waals surface area contributed by atoms with Gasteiger partial charge in [-0.1, -0.05) is 12.1 Å². The van der Waals surface area contributed by atoms with Crippen molar-refractivity contribution in [3.8, 4) is 0 Å². The topological polar surface area (TPSA) is 235 Å². The van der Waals surface area contributed by atoms with Crippen molar-refractivity contribution >= 4 is 34.8 Å². The Morgan fingerprint density at radius 1 is 0.932 bits per heavy atom. The molecule has 1 aromatic carbocycles. The highest BCUT2D eigenvalue weighted by molar-refractivity contribution is 5.96. The summed E-state index contributed by atoms with van der Waals surface area (Å²) in [5, 5.41) is 12.1. The number of aromatic amines is 1. The van der Waals surface area contributed by atoms with Crippen molar-refractivity contribution in [2.45, 2.75) is 44.6 Å². The fourth-order valence-electron chi connectivity index (χ4n) is 4.11. The van der Waals surface area contributed by atoms with Gasteiger partial charge in [0, 0.05) is 31.6 Å². The fourth-order valence-corrected chi connectivity index (χ4v) is 4.11. The summed E-state index contributed by atoms with van der Waals surface area (Å²) in [7, 11) is 0. The summed E-state index contributed by atoms with van der Waals surface area (Å²) in [4.78, 5) is 63.5. The number of carbonyl (C=O) groups is 3. The van der Waals surface area contributed by atoms with E-state index in [1.807, 2.05) is 0 Å². The summed E-state index contributed by atoms with van der Waals surface area (Å²) in [5.74, 6) is -1.90. The predicted octanol–water partition coefficient (Wildman–Crippen LogP) is 0.402. The van der Waals surface area contributed by atoms with E-state index in [2.05, 4.69) is 25.3 Å². The molecule has 0 aliphatic carbocycles. The number of nitrogens with zero attached hydrogens (tertiary/aromatic N) is 3. The molecule has 15 heteroatoms. The molecule has 0 saturated carbocycles. The number of hydrogen-bond donors (Lipinski definition) is 5. The molecule has 0 fully saturated rings. The molecule has 7 N–H and O–H groups in total. The van der Waals surface area contributed by atoms with Crippen LogP contribution in [0.1, 0.15) is 47.3 Å². The number of carboxylic acid groups (broad SMARTS) is 1. The number of amides is 1. The average Bonchev–Trinajstić information content (AvgIpc) is 3.01. The lowest BCUT2D eigenvalue weighted by atomic mass is 10.0. The maximum atomic E-state index is 12.7. The highest BCUT2D eigenvalue weighted by Crippen LogP contribution is 2.11. The number of hydrogen-bond acceptors (Lipinski definition) is 12. The average molecular weight is 614 g/mol.